The van der Waals surface area contributed by atoms with E-state index < -0.39 is 0 Å². The summed E-state index contributed by atoms with van der Waals surface area (Å²) in [5.74, 6) is 0.681. The monoisotopic (exact) mass is 383 g/mol. The average molecular weight is 383 g/mol. The molecule has 0 radical (unpaired) electrons. The molecule has 0 unspecified atom stereocenters. The first-order chi connectivity index (χ1) is 12.6. The Balaban J connectivity index is 1.60. The number of thiocarbonyl (C=S) groups is 1. The topological polar surface area (TPSA) is 59.8 Å². The van der Waals surface area contributed by atoms with E-state index in [0.717, 1.165) is 11.1 Å². The molecule has 0 bridgehead atoms. The van der Waals surface area contributed by atoms with Gasteiger partial charge in [-0.2, -0.15) is 0 Å². The number of cyclic esters (lactones) is 1. The molecule has 0 N–H and O–H groups in total. The SMILES string of the molecule is C=CCN1C(=O)/C(=C/c2ccc(-c3ccc4c(c3)C(=O)OC4)o2)SC1=S. The Morgan fingerprint density at radius 2 is 2.12 bits per heavy atom. The lowest BCUT2D eigenvalue weighted by Gasteiger charge is -2.10. The highest BCUT2D eigenvalue weighted by molar-refractivity contribution is 8.26. The molecule has 0 saturated carbocycles. The molecule has 2 aromatic rings. The van der Waals surface area contributed by atoms with Gasteiger partial charge in [0.25, 0.3) is 5.91 Å². The summed E-state index contributed by atoms with van der Waals surface area (Å²) in [5.41, 5.74) is 2.21. The third-order valence-corrected chi connectivity index (χ3v) is 5.44. The van der Waals surface area contributed by atoms with E-state index in [1.807, 2.05) is 12.1 Å². The van der Waals surface area contributed by atoms with Crippen LogP contribution in [0.2, 0.25) is 0 Å². The minimum Gasteiger partial charge on any atom is -0.457 e. The highest BCUT2D eigenvalue weighted by atomic mass is 32.2. The number of hydrogen-bond donors (Lipinski definition) is 0. The first kappa shape index (κ1) is 16.8. The van der Waals surface area contributed by atoms with Crippen molar-refractivity contribution in [2.24, 2.45) is 0 Å². The average Bonchev–Trinajstić information content (AvgIpc) is 3.31. The van der Waals surface area contributed by atoms with Crippen molar-refractivity contribution >= 4 is 46.3 Å². The minimum absolute atomic E-state index is 0.155. The van der Waals surface area contributed by atoms with E-state index in [1.165, 1.54) is 16.7 Å². The van der Waals surface area contributed by atoms with Crippen LogP contribution in [-0.4, -0.2) is 27.6 Å². The summed E-state index contributed by atoms with van der Waals surface area (Å²) < 4.78 is 11.4. The fourth-order valence-electron chi connectivity index (χ4n) is 2.77. The number of carbonyl (C=O) groups excluding carboxylic acids is 2. The number of rotatable bonds is 4. The van der Waals surface area contributed by atoms with Crippen molar-refractivity contribution in [3.8, 4) is 11.3 Å². The number of thioether (sulfide) groups is 1. The number of esters is 1. The normalized spacial score (nSPS) is 17.8. The van der Waals surface area contributed by atoms with Crippen LogP contribution >= 0.6 is 24.0 Å². The third kappa shape index (κ3) is 2.89. The Morgan fingerprint density at radius 3 is 2.92 bits per heavy atom. The molecule has 1 saturated heterocycles. The summed E-state index contributed by atoms with van der Waals surface area (Å²) in [7, 11) is 0. The quantitative estimate of drug-likeness (QED) is 0.344. The lowest BCUT2D eigenvalue weighted by Crippen LogP contribution is -2.27. The lowest BCUT2D eigenvalue weighted by atomic mass is 10.0. The highest BCUT2D eigenvalue weighted by Gasteiger charge is 2.31. The molecule has 1 fully saturated rings. The second kappa shape index (κ2) is 6.59. The smallest absolute Gasteiger partial charge is 0.338 e. The van der Waals surface area contributed by atoms with Gasteiger partial charge in [0.2, 0.25) is 0 Å². The standard InChI is InChI=1S/C19H13NO4S2/c1-2-7-20-17(21)16(26-19(20)25)9-13-5-6-15(24-13)11-3-4-12-10-23-18(22)14(12)8-11/h2-6,8-9H,1,7,10H2/b16-9-. The molecule has 0 aliphatic carbocycles. The fraction of sp³-hybridized carbons (Fsp3) is 0.105. The van der Waals surface area contributed by atoms with Gasteiger partial charge in [0.15, 0.2) is 0 Å². The lowest BCUT2D eigenvalue weighted by molar-refractivity contribution is -0.121. The molecule has 0 atom stereocenters. The summed E-state index contributed by atoms with van der Waals surface area (Å²) in [4.78, 5) is 26.1. The van der Waals surface area contributed by atoms with Gasteiger partial charge in [-0.05, 0) is 18.2 Å². The summed E-state index contributed by atoms with van der Waals surface area (Å²) >= 11 is 6.46. The van der Waals surface area contributed by atoms with Gasteiger partial charge in [0, 0.05) is 23.7 Å². The predicted octanol–water partition coefficient (Wildman–Crippen LogP) is 4.00. The van der Waals surface area contributed by atoms with Crippen LogP contribution in [0, 0.1) is 0 Å². The van der Waals surface area contributed by atoms with E-state index in [-0.39, 0.29) is 11.9 Å². The summed E-state index contributed by atoms with van der Waals surface area (Å²) in [6.45, 7) is 4.33. The summed E-state index contributed by atoms with van der Waals surface area (Å²) in [6, 6.07) is 9.08. The van der Waals surface area contributed by atoms with Crippen molar-refractivity contribution in [1.29, 1.82) is 0 Å². The number of fused-ring (bicyclic) bond motifs is 1. The van der Waals surface area contributed by atoms with Crippen molar-refractivity contribution in [1.82, 2.24) is 4.90 Å². The van der Waals surface area contributed by atoms with Crippen molar-refractivity contribution in [2.75, 3.05) is 6.54 Å². The number of hydrogen-bond acceptors (Lipinski definition) is 6. The molecule has 0 spiro atoms. The van der Waals surface area contributed by atoms with Gasteiger partial charge in [0.1, 0.15) is 22.4 Å². The van der Waals surface area contributed by atoms with Crippen molar-refractivity contribution in [3.05, 3.63) is 64.8 Å². The molecule has 2 aliphatic heterocycles. The Hall–Kier alpha value is -2.64. The van der Waals surface area contributed by atoms with Crippen LogP contribution in [0.1, 0.15) is 21.7 Å². The van der Waals surface area contributed by atoms with Gasteiger partial charge in [-0.15, -0.1) is 6.58 Å². The van der Waals surface area contributed by atoms with Crippen molar-refractivity contribution < 1.29 is 18.7 Å². The van der Waals surface area contributed by atoms with E-state index >= 15 is 0 Å². The number of nitrogens with zero attached hydrogens (tertiary/aromatic N) is 1. The molecular weight excluding hydrogens is 370 g/mol. The van der Waals surface area contributed by atoms with Crippen LogP contribution in [0.25, 0.3) is 17.4 Å². The van der Waals surface area contributed by atoms with Crippen LogP contribution in [-0.2, 0) is 16.1 Å². The van der Waals surface area contributed by atoms with Crippen molar-refractivity contribution in [2.45, 2.75) is 6.61 Å². The maximum Gasteiger partial charge on any atom is 0.338 e. The van der Waals surface area contributed by atoms with Crippen LogP contribution in [0.5, 0.6) is 0 Å². The van der Waals surface area contributed by atoms with E-state index in [1.54, 1.807) is 30.4 Å². The minimum atomic E-state index is -0.320. The molecule has 1 aromatic carbocycles. The summed E-state index contributed by atoms with van der Waals surface area (Å²) in [5, 5.41) is 0. The van der Waals surface area contributed by atoms with E-state index in [0.29, 0.717) is 39.5 Å². The van der Waals surface area contributed by atoms with Crippen LogP contribution in [0.15, 0.2) is 52.3 Å². The second-order valence-corrected chi connectivity index (χ2v) is 7.41. The third-order valence-electron chi connectivity index (χ3n) is 4.06. The highest BCUT2D eigenvalue weighted by Crippen LogP contribution is 2.34. The Kier molecular flexibility index (Phi) is 4.26. The van der Waals surface area contributed by atoms with Gasteiger partial charge in [-0.25, -0.2) is 4.79 Å². The van der Waals surface area contributed by atoms with Gasteiger partial charge in [-0.1, -0.05) is 42.2 Å². The number of ether oxygens (including phenoxy) is 1. The number of amides is 1. The molecule has 26 heavy (non-hydrogen) atoms. The van der Waals surface area contributed by atoms with Gasteiger partial charge in [-0.3, -0.25) is 9.69 Å². The molecule has 130 valence electrons. The summed E-state index contributed by atoms with van der Waals surface area (Å²) in [6.07, 6.45) is 3.31. The maximum absolute atomic E-state index is 12.4. The van der Waals surface area contributed by atoms with Gasteiger partial charge < -0.3 is 9.15 Å². The Bertz CT molecular complexity index is 989. The zero-order chi connectivity index (χ0) is 18.3. The maximum atomic E-state index is 12.4. The first-order valence-electron chi connectivity index (χ1n) is 7.83. The molecular formula is C19H13NO4S2. The molecule has 5 nitrogen and oxygen atoms in total. The van der Waals surface area contributed by atoms with E-state index in [9.17, 15) is 9.59 Å². The largest absolute Gasteiger partial charge is 0.457 e. The molecule has 4 rings (SSSR count). The van der Waals surface area contributed by atoms with Gasteiger partial charge >= 0.3 is 5.97 Å². The zero-order valence-electron chi connectivity index (χ0n) is 13.6. The zero-order valence-corrected chi connectivity index (χ0v) is 15.2. The Morgan fingerprint density at radius 1 is 1.27 bits per heavy atom. The van der Waals surface area contributed by atoms with E-state index in [2.05, 4.69) is 6.58 Å². The molecule has 1 amide bonds. The molecule has 7 heteroatoms. The number of benzene rings is 1. The van der Waals surface area contributed by atoms with Crippen LogP contribution in [0.3, 0.4) is 0 Å². The molecule has 2 aliphatic rings. The predicted molar refractivity (Wildman–Crippen MR) is 103 cm³/mol. The fourth-order valence-corrected chi connectivity index (χ4v) is 4.02. The Labute approximate surface area is 159 Å². The van der Waals surface area contributed by atoms with Crippen molar-refractivity contribution in [3.63, 3.8) is 0 Å². The van der Waals surface area contributed by atoms with E-state index in [4.69, 9.17) is 21.4 Å². The van der Waals surface area contributed by atoms with Crippen LogP contribution < -0.4 is 0 Å². The number of carbonyl (C=O) groups is 2. The second-order valence-electron chi connectivity index (χ2n) is 5.73. The number of furan rings is 1. The molecule has 1 aromatic heterocycles. The van der Waals surface area contributed by atoms with Gasteiger partial charge in [0.05, 0.1) is 10.5 Å². The first-order valence-corrected chi connectivity index (χ1v) is 9.06. The van der Waals surface area contributed by atoms with Crippen LogP contribution in [0.4, 0.5) is 0 Å². The molecule has 3 heterocycles.